The third-order valence-corrected chi connectivity index (χ3v) is 5.85. The van der Waals surface area contributed by atoms with Crippen LogP contribution < -0.4 is 5.32 Å². The molecule has 0 aliphatic rings. The largest absolute Gasteiger partial charge is 0.361 e. The molecule has 1 heterocycles. The van der Waals surface area contributed by atoms with Gasteiger partial charge in [0.15, 0.2) is 0 Å². The Kier molecular flexibility index (Phi) is 6.61. The molecule has 2 rings (SSSR count). The second-order valence-corrected chi connectivity index (χ2v) is 8.28. The summed E-state index contributed by atoms with van der Waals surface area (Å²) in [7, 11) is -3.30. The normalized spacial score (nSPS) is 13.3. The molecular weight excluding hydrogens is 338 g/mol. The molecule has 2 N–H and O–H groups in total. The number of nitrogens with zero attached hydrogens (tertiary/aromatic N) is 1. The standard InChI is InChI=1S/C18H27N3O3S/c1-4-14(2)21(25(3,23)24)12-10-18(22)19-11-9-15-13-20-17-8-6-5-7-16(15)17/h5-8,13-14,20H,4,9-12H2,1-3H3,(H,19,22). The zero-order valence-electron chi connectivity index (χ0n) is 15.1. The summed E-state index contributed by atoms with van der Waals surface area (Å²) in [6, 6.07) is 7.95. The lowest BCUT2D eigenvalue weighted by molar-refractivity contribution is -0.121. The summed E-state index contributed by atoms with van der Waals surface area (Å²) in [5, 5.41) is 4.04. The van der Waals surface area contributed by atoms with Crippen molar-refractivity contribution in [2.45, 2.75) is 39.2 Å². The van der Waals surface area contributed by atoms with Gasteiger partial charge < -0.3 is 10.3 Å². The fourth-order valence-corrected chi connectivity index (χ4v) is 4.12. The molecule has 2 aromatic rings. The van der Waals surface area contributed by atoms with E-state index >= 15 is 0 Å². The number of amides is 1. The highest BCUT2D eigenvalue weighted by Crippen LogP contribution is 2.17. The van der Waals surface area contributed by atoms with Crippen LogP contribution in [0.15, 0.2) is 30.5 Å². The molecule has 6 nitrogen and oxygen atoms in total. The van der Waals surface area contributed by atoms with Crippen molar-refractivity contribution in [1.82, 2.24) is 14.6 Å². The van der Waals surface area contributed by atoms with Gasteiger partial charge in [-0.05, 0) is 31.4 Å². The Bertz CT molecular complexity index is 814. The van der Waals surface area contributed by atoms with Gasteiger partial charge in [-0.25, -0.2) is 8.42 Å². The number of aromatic amines is 1. The molecule has 0 aliphatic carbocycles. The maximum absolute atomic E-state index is 12.0. The molecule has 0 saturated carbocycles. The molecule has 138 valence electrons. The molecule has 0 bridgehead atoms. The van der Waals surface area contributed by atoms with E-state index in [4.69, 9.17) is 0 Å². The van der Waals surface area contributed by atoms with Crippen molar-refractivity contribution >= 4 is 26.8 Å². The van der Waals surface area contributed by atoms with Crippen LogP contribution in [0.25, 0.3) is 10.9 Å². The van der Waals surface area contributed by atoms with Gasteiger partial charge in [0.2, 0.25) is 15.9 Å². The predicted molar refractivity (Wildman–Crippen MR) is 101 cm³/mol. The van der Waals surface area contributed by atoms with Crippen molar-refractivity contribution in [3.05, 3.63) is 36.0 Å². The van der Waals surface area contributed by atoms with E-state index in [1.807, 2.05) is 38.2 Å². The van der Waals surface area contributed by atoms with Gasteiger partial charge in [-0.15, -0.1) is 0 Å². The Balaban J connectivity index is 1.82. The minimum atomic E-state index is -3.30. The molecule has 7 heteroatoms. The molecule has 1 amide bonds. The number of rotatable bonds is 9. The number of sulfonamides is 1. The highest BCUT2D eigenvalue weighted by Gasteiger charge is 2.22. The number of nitrogens with one attached hydrogen (secondary N) is 2. The molecule has 1 unspecified atom stereocenters. The summed E-state index contributed by atoms with van der Waals surface area (Å²) in [4.78, 5) is 15.3. The molecule has 1 atom stereocenters. The van der Waals surface area contributed by atoms with Crippen LogP contribution in [0.1, 0.15) is 32.3 Å². The number of hydrogen-bond donors (Lipinski definition) is 2. The van der Waals surface area contributed by atoms with E-state index in [1.54, 1.807) is 0 Å². The summed E-state index contributed by atoms with van der Waals surface area (Å²) in [5.41, 5.74) is 2.24. The number of aromatic nitrogens is 1. The average molecular weight is 365 g/mol. The molecule has 1 aromatic heterocycles. The van der Waals surface area contributed by atoms with Gasteiger partial charge >= 0.3 is 0 Å². The topological polar surface area (TPSA) is 82.3 Å². The van der Waals surface area contributed by atoms with Crippen LogP contribution in [0, 0.1) is 0 Å². The molecule has 0 fully saturated rings. The number of para-hydroxylation sites is 1. The number of carbonyl (C=O) groups is 1. The number of fused-ring (bicyclic) bond motifs is 1. The van der Waals surface area contributed by atoms with Crippen molar-refractivity contribution < 1.29 is 13.2 Å². The SMILES string of the molecule is CCC(C)N(CCC(=O)NCCc1c[nH]c2ccccc12)S(C)(=O)=O. The Morgan fingerprint density at radius 2 is 2.04 bits per heavy atom. The van der Waals surface area contributed by atoms with Crippen LogP contribution in [0.3, 0.4) is 0 Å². The smallest absolute Gasteiger partial charge is 0.221 e. The molecule has 0 saturated heterocycles. The van der Waals surface area contributed by atoms with Crippen LogP contribution in [-0.4, -0.2) is 49.0 Å². The zero-order valence-corrected chi connectivity index (χ0v) is 15.9. The monoisotopic (exact) mass is 365 g/mol. The lowest BCUT2D eigenvalue weighted by Gasteiger charge is -2.25. The summed E-state index contributed by atoms with van der Waals surface area (Å²) in [6.07, 6.45) is 4.77. The van der Waals surface area contributed by atoms with Gasteiger partial charge in [0.25, 0.3) is 0 Å². The first-order valence-electron chi connectivity index (χ1n) is 8.61. The highest BCUT2D eigenvalue weighted by atomic mass is 32.2. The summed E-state index contributed by atoms with van der Waals surface area (Å²) in [5.74, 6) is -0.128. The summed E-state index contributed by atoms with van der Waals surface area (Å²) < 4.78 is 25.1. The fourth-order valence-electron chi connectivity index (χ4n) is 2.89. The number of H-pyrrole nitrogens is 1. The summed E-state index contributed by atoms with van der Waals surface area (Å²) in [6.45, 7) is 4.54. The van der Waals surface area contributed by atoms with Crippen LogP contribution in [0.2, 0.25) is 0 Å². The van der Waals surface area contributed by atoms with Gasteiger partial charge in [0.1, 0.15) is 0 Å². The van der Waals surface area contributed by atoms with Crippen LogP contribution in [0.4, 0.5) is 0 Å². The van der Waals surface area contributed by atoms with E-state index in [2.05, 4.69) is 16.4 Å². The number of benzene rings is 1. The van der Waals surface area contributed by atoms with Crippen molar-refractivity contribution in [2.75, 3.05) is 19.3 Å². The molecule has 0 spiro atoms. The predicted octanol–water partition coefficient (Wildman–Crippen LogP) is 2.28. The van der Waals surface area contributed by atoms with Crippen molar-refractivity contribution in [3.63, 3.8) is 0 Å². The van der Waals surface area contributed by atoms with E-state index < -0.39 is 10.0 Å². The molecule has 0 radical (unpaired) electrons. The van der Waals surface area contributed by atoms with E-state index in [0.29, 0.717) is 6.54 Å². The first kappa shape index (κ1) is 19.5. The van der Waals surface area contributed by atoms with Crippen molar-refractivity contribution in [1.29, 1.82) is 0 Å². The fraction of sp³-hybridized carbons (Fsp3) is 0.500. The Hall–Kier alpha value is -1.86. The van der Waals surface area contributed by atoms with Gasteiger partial charge in [-0.3, -0.25) is 4.79 Å². The summed E-state index contributed by atoms with van der Waals surface area (Å²) >= 11 is 0. The highest BCUT2D eigenvalue weighted by molar-refractivity contribution is 7.88. The van der Waals surface area contributed by atoms with Gasteiger partial charge in [-0.2, -0.15) is 4.31 Å². The van der Waals surface area contributed by atoms with Crippen molar-refractivity contribution in [2.24, 2.45) is 0 Å². The first-order chi connectivity index (χ1) is 11.8. The third kappa shape index (κ3) is 5.31. The van der Waals surface area contributed by atoms with E-state index in [1.165, 1.54) is 10.6 Å². The molecule has 0 aliphatic heterocycles. The van der Waals surface area contributed by atoms with Gasteiger partial charge in [0.05, 0.1) is 6.26 Å². The van der Waals surface area contributed by atoms with E-state index in [0.717, 1.165) is 29.3 Å². The molecule has 25 heavy (non-hydrogen) atoms. The number of hydrogen-bond acceptors (Lipinski definition) is 3. The third-order valence-electron chi connectivity index (χ3n) is 4.46. The van der Waals surface area contributed by atoms with Gasteiger partial charge in [0, 0.05) is 42.7 Å². The van der Waals surface area contributed by atoms with Crippen LogP contribution in [0.5, 0.6) is 0 Å². The quantitative estimate of drug-likeness (QED) is 0.715. The van der Waals surface area contributed by atoms with E-state index in [-0.39, 0.29) is 24.9 Å². The minimum Gasteiger partial charge on any atom is -0.361 e. The number of carbonyl (C=O) groups excluding carboxylic acids is 1. The Morgan fingerprint density at radius 3 is 2.72 bits per heavy atom. The lowest BCUT2D eigenvalue weighted by Crippen LogP contribution is -2.40. The minimum absolute atomic E-state index is 0.103. The van der Waals surface area contributed by atoms with Crippen molar-refractivity contribution in [3.8, 4) is 0 Å². The Labute approximate surface area is 149 Å². The maximum Gasteiger partial charge on any atom is 0.221 e. The molecule has 1 aromatic carbocycles. The second kappa shape index (κ2) is 8.49. The Morgan fingerprint density at radius 1 is 1.32 bits per heavy atom. The lowest BCUT2D eigenvalue weighted by atomic mass is 10.1. The maximum atomic E-state index is 12.0. The van der Waals surface area contributed by atoms with E-state index in [9.17, 15) is 13.2 Å². The molecular formula is C18H27N3O3S. The first-order valence-corrected chi connectivity index (χ1v) is 10.5. The van der Waals surface area contributed by atoms with Crippen LogP contribution in [-0.2, 0) is 21.2 Å². The van der Waals surface area contributed by atoms with Crippen LogP contribution >= 0.6 is 0 Å². The second-order valence-electron chi connectivity index (χ2n) is 6.34. The van der Waals surface area contributed by atoms with Gasteiger partial charge in [-0.1, -0.05) is 25.1 Å². The average Bonchev–Trinajstić information content (AvgIpc) is 2.97. The zero-order chi connectivity index (χ0) is 18.4.